The van der Waals surface area contributed by atoms with Crippen LogP contribution in [-0.2, 0) is 9.59 Å². The number of likely N-dealkylation sites (N-methyl/N-ethyl adjacent to an activating group) is 1. The van der Waals surface area contributed by atoms with Crippen LogP contribution in [0.15, 0.2) is 47.8 Å². The minimum Gasteiger partial charge on any atom is -0.313 e. The summed E-state index contributed by atoms with van der Waals surface area (Å²) in [6, 6.07) is 13.8. The predicted molar refractivity (Wildman–Crippen MR) is 124 cm³/mol. The van der Waals surface area contributed by atoms with Crippen LogP contribution in [0.3, 0.4) is 0 Å². The molecule has 3 aromatic rings. The Kier molecular flexibility index (Phi) is 5.17. The predicted octanol–water partition coefficient (Wildman–Crippen LogP) is 4.50. The van der Waals surface area contributed by atoms with Crippen LogP contribution in [0.4, 0.5) is 9.93 Å². The van der Waals surface area contributed by atoms with Gasteiger partial charge in [-0.2, -0.15) is 0 Å². The number of carbonyl (C=O) groups is 3. The highest BCUT2D eigenvalue weighted by Gasteiger charge is 2.55. The van der Waals surface area contributed by atoms with Crippen molar-refractivity contribution in [3.8, 4) is 11.3 Å². The molecule has 1 aromatic heterocycles. The smallest absolute Gasteiger partial charge is 0.313 e. The van der Waals surface area contributed by atoms with Crippen molar-refractivity contribution < 1.29 is 14.4 Å². The molecular weight excluding hydrogens is 424 g/mol. The molecule has 2 aromatic carbocycles. The zero-order valence-corrected chi connectivity index (χ0v) is 18.7. The molecule has 7 nitrogen and oxygen atoms in total. The molecule has 2 heterocycles. The Morgan fingerprint density at radius 1 is 1.09 bits per heavy atom. The van der Waals surface area contributed by atoms with Gasteiger partial charge in [0, 0.05) is 18.0 Å². The summed E-state index contributed by atoms with van der Waals surface area (Å²) >= 11 is 1.32. The van der Waals surface area contributed by atoms with E-state index < -0.39 is 17.5 Å². The number of hydrogen-bond donors (Lipinski definition) is 1. The van der Waals surface area contributed by atoms with E-state index in [1.54, 1.807) is 7.05 Å². The molecule has 2 fully saturated rings. The van der Waals surface area contributed by atoms with Gasteiger partial charge in [0.05, 0.1) is 5.69 Å². The van der Waals surface area contributed by atoms with Crippen molar-refractivity contribution in [2.75, 3.05) is 18.9 Å². The number of aromatic nitrogens is 1. The summed E-state index contributed by atoms with van der Waals surface area (Å²) in [6.45, 7) is -0.297. The van der Waals surface area contributed by atoms with Crippen LogP contribution < -0.4 is 5.32 Å². The maximum absolute atomic E-state index is 13.1. The summed E-state index contributed by atoms with van der Waals surface area (Å²) in [5.41, 5.74) is 0.955. The molecule has 32 heavy (non-hydrogen) atoms. The van der Waals surface area contributed by atoms with Crippen LogP contribution in [0.5, 0.6) is 0 Å². The quantitative estimate of drug-likeness (QED) is 0.596. The van der Waals surface area contributed by atoms with Crippen LogP contribution >= 0.6 is 11.3 Å². The molecule has 1 saturated heterocycles. The van der Waals surface area contributed by atoms with E-state index in [1.165, 1.54) is 16.2 Å². The summed E-state index contributed by atoms with van der Waals surface area (Å²) in [7, 11) is 1.67. The number of benzene rings is 2. The van der Waals surface area contributed by atoms with Gasteiger partial charge in [0.25, 0.3) is 5.91 Å². The monoisotopic (exact) mass is 448 g/mol. The molecule has 1 aliphatic heterocycles. The Balaban J connectivity index is 1.28. The lowest BCUT2D eigenvalue weighted by atomic mass is 9.81. The molecule has 1 aliphatic carbocycles. The lowest BCUT2D eigenvalue weighted by Gasteiger charge is -2.35. The third-order valence-electron chi connectivity index (χ3n) is 6.58. The third-order valence-corrected chi connectivity index (χ3v) is 7.34. The normalized spacial score (nSPS) is 18.0. The van der Waals surface area contributed by atoms with Crippen molar-refractivity contribution in [1.82, 2.24) is 14.8 Å². The Morgan fingerprint density at radius 2 is 1.84 bits per heavy atom. The van der Waals surface area contributed by atoms with Crippen molar-refractivity contribution >= 4 is 45.1 Å². The number of carbonyl (C=O) groups excluding carboxylic acids is 3. The lowest BCUT2D eigenvalue weighted by molar-refractivity contribution is -0.136. The van der Waals surface area contributed by atoms with Gasteiger partial charge in [-0.15, -0.1) is 11.3 Å². The van der Waals surface area contributed by atoms with Crippen LogP contribution in [0.25, 0.3) is 22.0 Å². The molecule has 0 radical (unpaired) electrons. The van der Waals surface area contributed by atoms with Crippen molar-refractivity contribution in [1.29, 1.82) is 0 Å². The molecule has 2 aliphatic rings. The highest BCUT2D eigenvalue weighted by molar-refractivity contribution is 7.14. The summed E-state index contributed by atoms with van der Waals surface area (Å²) in [5, 5.41) is 7.35. The first-order valence-electron chi connectivity index (χ1n) is 10.8. The molecule has 0 atom stereocenters. The molecule has 1 saturated carbocycles. The number of anilines is 1. The molecular formula is C24H24N4O3S. The molecule has 8 heteroatoms. The Morgan fingerprint density at radius 3 is 2.62 bits per heavy atom. The summed E-state index contributed by atoms with van der Waals surface area (Å²) in [4.78, 5) is 45.6. The van der Waals surface area contributed by atoms with Gasteiger partial charge in [-0.1, -0.05) is 55.7 Å². The van der Waals surface area contributed by atoms with E-state index in [-0.39, 0.29) is 12.5 Å². The number of fused-ring (bicyclic) bond motifs is 1. The minimum absolute atomic E-state index is 0.254. The van der Waals surface area contributed by atoms with E-state index in [9.17, 15) is 14.4 Å². The number of imide groups is 1. The number of hydrogen-bond acceptors (Lipinski definition) is 5. The van der Waals surface area contributed by atoms with Crippen molar-refractivity contribution in [3.05, 3.63) is 47.8 Å². The number of nitrogens with zero attached hydrogens (tertiary/aromatic N) is 3. The van der Waals surface area contributed by atoms with E-state index in [4.69, 9.17) is 0 Å². The van der Waals surface area contributed by atoms with Crippen LogP contribution in [0, 0.1) is 0 Å². The number of urea groups is 1. The Hall–Kier alpha value is -3.26. The standard InChI is InChI=1S/C24H24N4O3S/c1-27-23(31)28(21(30)24(27)11-5-2-6-12-24)14-20(29)26-22-25-19(15-32-22)18-10-9-16-7-3-4-8-17(16)13-18/h3-4,7-10,13,15H,2,5-6,11-12,14H2,1H3,(H,25,26,29). The van der Waals surface area contributed by atoms with Gasteiger partial charge in [0.2, 0.25) is 5.91 Å². The molecule has 4 amide bonds. The number of nitrogens with one attached hydrogen (secondary N) is 1. The second kappa shape index (κ2) is 8.02. The summed E-state index contributed by atoms with van der Waals surface area (Å²) in [5.74, 6) is -0.678. The van der Waals surface area contributed by atoms with Crippen LogP contribution in [-0.4, -0.2) is 51.8 Å². The fraction of sp³-hybridized carbons (Fsp3) is 0.333. The first-order chi connectivity index (χ1) is 15.5. The first kappa shape index (κ1) is 20.6. The first-order valence-corrected chi connectivity index (χ1v) is 11.7. The SMILES string of the molecule is CN1C(=O)N(CC(=O)Nc2nc(-c3ccc4ccccc4c3)cs2)C(=O)C12CCCCC2. The van der Waals surface area contributed by atoms with Crippen molar-refractivity contribution in [2.45, 2.75) is 37.6 Å². The zero-order chi connectivity index (χ0) is 22.3. The molecule has 1 spiro atoms. The highest BCUT2D eigenvalue weighted by atomic mass is 32.1. The van der Waals surface area contributed by atoms with E-state index >= 15 is 0 Å². The van der Waals surface area contributed by atoms with Gasteiger partial charge < -0.3 is 10.2 Å². The molecule has 0 unspecified atom stereocenters. The van der Waals surface area contributed by atoms with Gasteiger partial charge in [-0.25, -0.2) is 9.78 Å². The molecule has 0 bridgehead atoms. The second-order valence-corrected chi connectivity index (χ2v) is 9.33. The number of thiazole rings is 1. The van der Waals surface area contributed by atoms with Gasteiger partial charge >= 0.3 is 6.03 Å². The number of amides is 4. The molecule has 164 valence electrons. The lowest BCUT2D eigenvalue weighted by Crippen LogP contribution is -2.49. The topological polar surface area (TPSA) is 82.6 Å². The Labute approximate surface area is 190 Å². The van der Waals surface area contributed by atoms with Crippen LogP contribution in [0.1, 0.15) is 32.1 Å². The third kappa shape index (κ3) is 3.44. The van der Waals surface area contributed by atoms with Gasteiger partial charge in [0.1, 0.15) is 12.1 Å². The maximum Gasteiger partial charge on any atom is 0.327 e. The fourth-order valence-electron chi connectivity index (χ4n) is 4.79. The summed E-state index contributed by atoms with van der Waals surface area (Å²) < 4.78 is 0. The largest absolute Gasteiger partial charge is 0.327 e. The van der Waals surface area contributed by atoms with Gasteiger partial charge in [-0.3, -0.25) is 14.5 Å². The average molecular weight is 449 g/mol. The van der Waals surface area contributed by atoms with Crippen LogP contribution in [0.2, 0.25) is 0 Å². The number of rotatable bonds is 4. The van der Waals surface area contributed by atoms with E-state index in [0.29, 0.717) is 18.0 Å². The van der Waals surface area contributed by atoms with Gasteiger partial charge in [0.15, 0.2) is 5.13 Å². The van der Waals surface area contributed by atoms with Crippen molar-refractivity contribution in [2.24, 2.45) is 0 Å². The van der Waals surface area contributed by atoms with E-state index in [2.05, 4.69) is 22.4 Å². The maximum atomic E-state index is 13.1. The van der Waals surface area contributed by atoms with E-state index in [0.717, 1.165) is 46.2 Å². The highest BCUT2D eigenvalue weighted by Crippen LogP contribution is 2.39. The minimum atomic E-state index is -0.778. The fourth-order valence-corrected chi connectivity index (χ4v) is 5.52. The zero-order valence-electron chi connectivity index (χ0n) is 17.8. The second-order valence-electron chi connectivity index (χ2n) is 8.47. The summed E-state index contributed by atoms with van der Waals surface area (Å²) in [6.07, 6.45) is 4.23. The Bertz CT molecular complexity index is 1210. The van der Waals surface area contributed by atoms with E-state index in [1.807, 2.05) is 35.7 Å². The van der Waals surface area contributed by atoms with Crippen molar-refractivity contribution in [3.63, 3.8) is 0 Å². The average Bonchev–Trinajstić information content (AvgIpc) is 3.34. The molecule has 5 rings (SSSR count). The van der Waals surface area contributed by atoms with Gasteiger partial charge in [-0.05, 0) is 29.7 Å². The molecule has 1 N–H and O–H groups in total.